The van der Waals surface area contributed by atoms with E-state index in [9.17, 15) is 0 Å². The second kappa shape index (κ2) is 8.31. The fourth-order valence-corrected chi connectivity index (χ4v) is 2.34. The van der Waals surface area contributed by atoms with Crippen LogP contribution in [0.15, 0.2) is 30.3 Å². The van der Waals surface area contributed by atoms with E-state index in [-0.39, 0.29) is 5.41 Å². The lowest BCUT2D eigenvalue weighted by atomic mass is 9.92. The van der Waals surface area contributed by atoms with Gasteiger partial charge in [0.05, 0.1) is 0 Å². The smallest absolute Gasteiger partial charge is 0.0366 e. The van der Waals surface area contributed by atoms with Crippen LogP contribution < -0.4 is 10.2 Å². The second-order valence-electron chi connectivity index (χ2n) is 6.81. The van der Waals surface area contributed by atoms with Crippen LogP contribution >= 0.6 is 0 Å². The summed E-state index contributed by atoms with van der Waals surface area (Å²) in [4.78, 5) is 2.53. The van der Waals surface area contributed by atoms with Gasteiger partial charge in [-0.25, -0.2) is 0 Å². The number of anilines is 1. The number of nitrogens with one attached hydrogen (secondary N) is 1. The number of hydrogen-bond acceptors (Lipinski definition) is 2. The zero-order chi connectivity index (χ0) is 15.0. The third-order valence-electron chi connectivity index (χ3n) is 3.51. The second-order valence-corrected chi connectivity index (χ2v) is 6.81. The summed E-state index contributed by atoms with van der Waals surface area (Å²) in [5, 5.41) is 3.57. The van der Waals surface area contributed by atoms with Crippen LogP contribution in [-0.2, 0) is 0 Å². The van der Waals surface area contributed by atoms with Crippen molar-refractivity contribution in [2.24, 2.45) is 5.41 Å². The van der Waals surface area contributed by atoms with Crippen molar-refractivity contribution in [1.29, 1.82) is 0 Å². The molecule has 0 spiro atoms. The van der Waals surface area contributed by atoms with Gasteiger partial charge in [-0.1, -0.05) is 59.2 Å². The van der Waals surface area contributed by atoms with Crippen molar-refractivity contribution in [3.8, 4) is 0 Å². The quantitative estimate of drug-likeness (QED) is 0.722. The predicted octanol–water partition coefficient (Wildman–Crippen LogP) is 4.32. The molecule has 0 bridgehead atoms. The van der Waals surface area contributed by atoms with Crippen molar-refractivity contribution < 1.29 is 0 Å². The maximum absolute atomic E-state index is 3.57. The molecule has 0 fully saturated rings. The van der Waals surface area contributed by atoms with Gasteiger partial charge in [0, 0.05) is 31.4 Å². The molecule has 114 valence electrons. The summed E-state index contributed by atoms with van der Waals surface area (Å²) in [5.41, 5.74) is 1.62. The third kappa shape index (κ3) is 6.42. The minimum Gasteiger partial charge on any atom is -0.371 e. The van der Waals surface area contributed by atoms with Gasteiger partial charge in [0.2, 0.25) is 0 Å². The Morgan fingerprint density at radius 3 is 2.35 bits per heavy atom. The molecular formula is C18H32N2. The summed E-state index contributed by atoms with van der Waals surface area (Å²) in [5.74, 6) is 0. The molecule has 0 heterocycles. The first kappa shape index (κ1) is 17.0. The van der Waals surface area contributed by atoms with Gasteiger partial charge in [0.1, 0.15) is 0 Å². The van der Waals surface area contributed by atoms with Gasteiger partial charge >= 0.3 is 0 Å². The molecule has 0 aliphatic carbocycles. The first-order chi connectivity index (χ1) is 9.44. The predicted molar refractivity (Wildman–Crippen MR) is 90.5 cm³/mol. The fourth-order valence-electron chi connectivity index (χ4n) is 2.34. The molecule has 0 amide bonds. The summed E-state index contributed by atoms with van der Waals surface area (Å²) in [6.45, 7) is 14.7. The highest BCUT2D eigenvalue weighted by atomic mass is 15.1. The molecule has 1 aromatic carbocycles. The third-order valence-corrected chi connectivity index (χ3v) is 3.51. The number of unbranched alkanes of at least 4 members (excludes halogenated alkanes) is 1. The van der Waals surface area contributed by atoms with Gasteiger partial charge < -0.3 is 10.2 Å². The van der Waals surface area contributed by atoms with E-state index in [1.165, 1.54) is 18.5 Å². The van der Waals surface area contributed by atoms with Gasteiger partial charge in [-0.3, -0.25) is 0 Å². The number of benzene rings is 1. The highest BCUT2D eigenvalue weighted by Crippen LogP contribution is 2.22. The molecule has 2 nitrogen and oxygen atoms in total. The van der Waals surface area contributed by atoms with E-state index in [4.69, 9.17) is 0 Å². The summed E-state index contributed by atoms with van der Waals surface area (Å²) >= 11 is 0. The monoisotopic (exact) mass is 276 g/mol. The van der Waals surface area contributed by atoms with Crippen molar-refractivity contribution in [3.05, 3.63) is 30.3 Å². The van der Waals surface area contributed by atoms with Crippen LogP contribution in [0.25, 0.3) is 0 Å². The molecule has 0 saturated carbocycles. The van der Waals surface area contributed by atoms with E-state index < -0.39 is 0 Å². The maximum atomic E-state index is 3.57. The van der Waals surface area contributed by atoms with E-state index in [2.05, 4.69) is 75.2 Å². The van der Waals surface area contributed by atoms with Crippen LogP contribution in [0.2, 0.25) is 0 Å². The molecule has 0 radical (unpaired) electrons. The lowest BCUT2D eigenvalue weighted by Crippen LogP contribution is -2.42. The zero-order valence-electron chi connectivity index (χ0n) is 13.9. The van der Waals surface area contributed by atoms with Crippen molar-refractivity contribution in [1.82, 2.24) is 5.32 Å². The molecule has 0 aliphatic heterocycles. The van der Waals surface area contributed by atoms with Gasteiger partial charge in [0.15, 0.2) is 0 Å². The van der Waals surface area contributed by atoms with Crippen LogP contribution in [-0.4, -0.2) is 25.7 Å². The van der Waals surface area contributed by atoms with E-state index in [0.29, 0.717) is 6.04 Å². The van der Waals surface area contributed by atoms with Crippen LogP contribution in [0.3, 0.4) is 0 Å². The Balaban J connectivity index is 2.69. The average molecular weight is 276 g/mol. The minimum absolute atomic E-state index is 0.272. The molecule has 0 unspecified atom stereocenters. The standard InChI is InChI=1S/C18H32N2/c1-6-7-13-20(17-11-9-8-10-12-17)15-18(4,5)14-19-16(2)3/h8-12,16,19H,6-7,13-15H2,1-5H3. The Morgan fingerprint density at radius 2 is 1.80 bits per heavy atom. The van der Waals surface area contributed by atoms with Gasteiger partial charge in [-0.05, 0) is 24.0 Å². The van der Waals surface area contributed by atoms with Crippen LogP contribution in [0.4, 0.5) is 5.69 Å². The Hall–Kier alpha value is -1.02. The number of rotatable bonds is 9. The molecular weight excluding hydrogens is 244 g/mol. The average Bonchev–Trinajstić information content (AvgIpc) is 2.42. The molecule has 1 aromatic rings. The van der Waals surface area contributed by atoms with Crippen molar-refractivity contribution in [3.63, 3.8) is 0 Å². The largest absolute Gasteiger partial charge is 0.371 e. The van der Waals surface area contributed by atoms with E-state index in [1.54, 1.807) is 0 Å². The lowest BCUT2D eigenvalue weighted by Gasteiger charge is -2.35. The molecule has 0 saturated heterocycles. The molecule has 20 heavy (non-hydrogen) atoms. The topological polar surface area (TPSA) is 15.3 Å². The van der Waals surface area contributed by atoms with Gasteiger partial charge in [-0.15, -0.1) is 0 Å². The Labute approximate surface area is 125 Å². The Bertz CT molecular complexity index is 357. The van der Waals surface area contributed by atoms with Crippen LogP contribution in [0, 0.1) is 5.41 Å². The first-order valence-electron chi connectivity index (χ1n) is 7.98. The number of nitrogens with zero attached hydrogens (tertiary/aromatic N) is 1. The molecule has 2 heteroatoms. The molecule has 0 aromatic heterocycles. The van der Waals surface area contributed by atoms with Gasteiger partial charge in [0.25, 0.3) is 0 Å². The summed E-state index contributed by atoms with van der Waals surface area (Å²) in [6.07, 6.45) is 2.50. The van der Waals surface area contributed by atoms with Crippen LogP contribution in [0.5, 0.6) is 0 Å². The number of para-hydroxylation sites is 1. The summed E-state index contributed by atoms with van der Waals surface area (Å²) in [7, 11) is 0. The van der Waals surface area contributed by atoms with Gasteiger partial charge in [-0.2, -0.15) is 0 Å². The maximum Gasteiger partial charge on any atom is 0.0366 e. The Kier molecular flexibility index (Phi) is 7.08. The molecule has 1 N–H and O–H groups in total. The van der Waals surface area contributed by atoms with Crippen molar-refractivity contribution in [2.45, 2.75) is 53.5 Å². The molecule has 1 rings (SSSR count). The fraction of sp³-hybridized carbons (Fsp3) is 0.667. The van der Waals surface area contributed by atoms with Crippen molar-refractivity contribution in [2.75, 3.05) is 24.5 Å². The highest BCUT2D eigenvalue weighted by Gasteiger charge is 2.22. The number of hydrogen-bond donors (Lipinski definition) is 1. The minimum atomic E-state index is 0.272. The van der Waals surface area contributed by atoms with E-state index in [0.717, 1.165) is 19.6 Å². The molecule has 0 atom stereocenters. The van der Waals surface area contributed by atoms with Crippen LogP contribution in [0.1, 0.15) is 47.5 Å². The summed E-state index contributed by atoms with van der Waals surface area (Å²) in [6, 6.07) is 11.4. The van der Waals surface area contributed by atoms with Crippen molar-refractivity contribution >= 4 is 5.69 Å². The van der Waals surface area contributed by atoms with E-state index >= 15 is 0 Å². The summed E-state index contributed by atoms with van der Waals surface area (Å²) < 4.78 is 0. The Morgan fingerprint density at radius 1 is 1.15 bits per heavy atom. The highest BCUT2D eigenvalue weighted by molar-refractivity contribution is 5.46. The normalized spacial score (nSPS) is 11.9. The zero-order valence-corrected chi connectivity index (χ0v) is 13.9. The SMILES string of the molecule is CCCCN(CC(C)(C)CNC(C)C)c1ccccc1. The first-order valence-corrected chi connectivity index (χ1v) is 7.98. The lowest BCUT2D eigenvalue weighted by molar-refractivity contribution is 0.328. The molecule has 0 aliphatic rings. The van der Waals surface area contributed by atoms with E-state index in [1.807, 2.05) is 0 Å².